The number of H-pyrrole nitrogens is 1. The standard InChI is InChI=1S/C14H12N4O/c15-12-9(13(16)19)4-2-5-10(12)14-17-7-8-3-1-6-11(8)18-14/h1-7H,15H2,(H2,16,19)(H,17,18). The van der Waals surface area contributed by atoms with Gasteiger partial charge in [-0.2, -0.15) is 0 Å². The molecule has 5 heteroatoms. The van der Waals surface area contributed by atoms with Crippen LogP contribution in [0.15, 0.2) is 42.6 Å². The van der Waals surface area contributed by atoms with Crippen molar-refractivity contribution in [3.8, 4) is 22.6 Å². The summed E-state index contributed by atoms with van der Waals surface area (Å²) in [5, 5.41) is 0. The molecule has 1 aliphatic carbocycles. The number of aromatic nitrogens is 2. The number of benzene rings is 1. The van der Waals surface area contributed by atoms with E-state index in [2.05, 4.69) is 9.97 Å². The van der Waals surface area contributed by atoms with Crippen molar-refractivity contribution in [3.63, 3.8) is 0 Å². The van der Waals surface area contributed by atoms with E-state index in [9.17, 15) is 4.79 Å². The number of nitrogen functional groups attached to an aromatic ring is 1. The highest BCUT2D eigenvalue weighted by atomic mass is 16.1. The maximum Gasteiger partial charge on any atom is 0.250 e. The molecule has 5 nitrogen and oxygen atoms in total. The summed E-state index contributed by atoms with van der Waals surface area (Å²) in [7, 11) is 0. The summed E-state index contributed by atoms with van der Waals surface area (Å²) in [6.45, 7) is 0. The minimum atomic E-state index is -0.547. The van der Waals surface area contributed by atoms with Gasteiger partial charge in [-0.3, -0.25) is 4.79 Å². The SMILES string of the molecule is NC(=O)c1cccc(-c2ncc3cccc-3[nH]2)c1N. The Balaban J connectivity index is 2.19. The number of nitrogens with zero attached hydrogens (tertiary/aromatic N) is 1. The first-order chi connectivity index (χ1) is 9.16. The molecule has 0 fully saturated rings. The molecule has 0 atom stereocenters. The van der Waals surface area contributed by atoms with E-state index in [-0.39, 0.29) is 0 Å². The summed E-state index contributed by atoms with van der Waals surface area (Å²) >= 11 is 0. The summed E-state index contributed by atoms with van der Waals surface area (Å²) in [5.41, 5.74) is 14.6. The van der Waals surface area contributed by atoms with Crippen molar-refractivity contribution >= 4 is 11.6 Å². The summed E-state index contributed by atoms with van der Waals surface area (Å²) in [6, 6.07) is 11.0. The van der Waals surface area contributed by atoms with Crippen LogP contribution >= 0.6 is 0 Å². The molecule has 1 aromatic rings. The summed E-state index contributed by atoms with van der Waals surface area (Å²) in [4.78, 5) is 18.8. The first kappa shape index (κ1) is 11.3. The molecule has 0 unspecified atom stereocenters. The number of carbonyl (C=O) groups excluding carboxylic acids is 1. The van der Waals surface area contributed by atoms with Gasteiger partial charge in [-0.15, -0.1) is 0 Å². The zero-order valence-corrected chi connectivity index (χ0v) is 10.1. The average Bonchev–Trinajstić information content (AvgIpc) is 2.85. The van der Waals surface area contributed by atoms with Gasteiger partial charge in [-0.1, -0.05) is 18.2 Å². The van der Waals surface area contributed by atoms with Crippen LogP contribution in [0, 0.1) is 0 Å². The Bertz CT molecular complexity index is 732. The van der Waals surface area contributed by atoms with E-state index in [0.717, 1.165) is 11.3 Å². The summed E-state index contributed by atoms with van der Waals surface area (Å²) in [5.74, 6) is 0.0630. The number of anilines is 1. The molecule has 19 heavy (non-hydrogen) atoms. The van der Waals surface area contributed by atoms with Crippen LogP contribution in [0.5, 0.6) is 0 Å². The number of nitrogens with two attached hydrogens (primary N) is 2. The van der Waals surface area contributed by atoms with E-state index in [1.54, 1.807) is 24.4 Å². The summed E-state index contributed by atoms with van der Waals surface area (Å²) < 4.78 is 0. The van der Waals surface area contributed by atoms with Crippen molar-refractivity contribution < 1.29 is 4.79 Å². The van der Waals surface area contributed by atoms with Crippen molar-refractivity contribution in [2.45, 2.75) is 0 Å². The molecule has 1 aliphatic heterocycles. The van der Waals surface area contributed by atoms with Gasteiger partial charge in [0, 0.05) is 23.0 Å². The molecule has 0 aromatic heterocycles. The second-order valence-electron chi connectivity index (χ2n) is 4.26. The lowest BCUT2D eigenvalue weighted by atomic mass is 10.1. The fourth-order valence-corrected chi connectivity index (χ4v) is 2.08. The van der Waals surface area contributed by atoms with Crippen LogP contribution in [0.3, 0.4) is 0 Å². The van der Waals surface area contributed by atoms with Gasteiger partial charge in [0.15, 0.2) is 0 Å². The second kappa shape index (κ2) is 4.13. The predicted octanol–water partition coefficient (Wildman–Crippen LogP) is 1.86. The number of fused-ring (bicyclic) bond motifs is 1. The van der Waals surface area contributed by atoms with E-state index in [4.69, 9.17) is 11.5 Å². The normalized spacial score (nSPS) is 10.7. The number of hydrogen-bond acceptors (Lipinski definition) is 3. The Morgan fingerprint density at radius 3 is 2.74 bits per heavy atom. The van der Waals surface area contributed by atoms with Crippen LogP contribution in [-0.2, 0) is 0 Å². The highest BCUT2D eigenvalue weighted by Crippen LogP contribution is 2.28. The minimum Gasteiger partial charge on any atom is -0.397 e. The largest absolute Gasteiger partial charge is 0.397 e. The minimum absolute atomic E-state index is 0.301. The maximum absolute atomic E-state index is 11.3. The van der Waals surface area contributed by atoms with E-state index in [1.807, 2.05) is 18.2 Å². The number of nitrogens with one attached hydrogen (secondary N) is 1. The van der Waals surface area contributed by atoms with Gasteiger partial charge in [-0.05, 0) is 18.2 Å². The monoisotopic (exact) mass is 252 g/mol. The molecule has 0 radical (unpaired) electrons. The number of hydrogen-bond donors (Lipinski definition) is 3. The molecule has 0 saturated carbocycles. The average molecular weight is 252 g/mol. The molecule has 3 rings (SSSR count). The van der Waals surface area contributed by atoms with E-state index < -0.39 is 5.91 Å². The molecule has 94 valence electrons. The number of amides is 1. The zero-order valence-electron chi connectivity index (χ0n) is 10.1. The smallest absolute Gasteiger partial charge is 0.250 e. The second-order valence-corrected chi connectivity index (χ2v) is 4.26. The molecule has 0 bridgehead atoms. The number of carbonyl (C=O) groups is 1. The van der Waals surface area contributed by atoms with Crippen LogP contribution in [0.2, 0.25) is 0 Å². The van der Waals surface area contributed by atoms with Gasteiger partial charge in [0.25, 0.3) is 5.91 Å². The third-order valence-electron chi connectivity index (χ3n) is 3.06. The van der Waals surface area contributed by atoms with Crippen molar-refractivity contribution in [2.75, 3.05) is 5.73 Å². The number of primary amides is 1. The predicted molar refractivity (Wildman–Crippen MR) is 73.6 cm³/mol. The first-order valence-corrected chi connectivity index (χ1v) is 5.79. The Morgan fingerprint density at radius 2 is 1.95 bits per heavy atom. The number of para-hydroxylation sites is 1. The Morgan fingerprint density at radius 1 is 1.16 bits per heavy atom. The van der Waals surface area contributed by atoms with Gasteiger partial charge in [0.2, 0.25) is 0 Å². The van der Waals surface area contributed by atoms with Crippen molar-refractivity contribution in [3.05, 3.63) is 48.2 Å². The fourth-order valence-electron chi connectivity index (χ4n) is 2.08. The third kappa shape index (κ3) is 1.81. The quantitative estimate of drug-likeness (QED) is 0.607. The lowest BCUT2D eigenvalue weighted by Crippen LogP contribution is -2.14. The number of rotatable bonds is 2. The highest BCUT2D eigenvalue weighted by Gasteiger charge is 2.13. The van der Waals surface area contributed by atoms with E-state index in [0.29, 0.717) is 22.6 Å². The summed E-state index contributed by atoms with van der Waals surface area (Å²) in [6.07, 6.45) is 1.76. The lowest BCUT2D eigenvalue weighted by Gasteiger charge is -2.10. The van der Waals surface area contributed by atoms with Gasteiger partial charge in [-0.25, -0.2) is 4.98 Å². The lowest BCUT2D eigenvalue weighted by molar-refractivity contribution is 0.100. The molecule has 1 aromatic carbocycles. The molecular formula is C14H12N4O. The number of aromatic amines is 1. The molecule has 2 aliphatic rings. The zero-order chi connectivity index (χ0) is 13.4. The maximum atomic E-state index is 11.3. The highest BCUT2D eigenvalue weighted by molar-refractivity contribution is 6.01. The molecule has 5 N–H and O–H groups in total. The van der Waals surface area contributed by atoms with Crippen molar-refractivity contribution in [1.82, 2.24) is 9.97 Å². The van der Waals surface area contributed by atoms with Gasteiger partial charge >= 0.3 is 0 Å². The van der Waals surface area contributed by atoms with Crippen LogP contribution in [-0.4, -0.2) is 15.9 Å². The van der Waals surface area contributed by atoms with Gasteiger partial charge in [0.1, 0.15) is 5.82 Å². The topological polar surface area (TPSA) is 97.8 Å². The molecule has 0 saturated heterocycles. The third-order valence-corrected chi connectivity index (χ3v) is 3.06. The van der Waals surface area contributed by atoms with E-state index >= 15 is 0 Å². The van der Waals surface area contributed by atoms with Crippen molar-refractivity contribution in [1.29, 1.82) is 0 Å². The van der Waals surface area contributed by atoms with E-state index in [1.165, 1.54) is 0 Å². The molecular weight excluding hydrogens is 240 g/mol. The van der Waals surface area contributed by atoms with Crippen LogP contribution in [0.25, 0.3) is 22.6 Å². The molecule has 1 heterocycles. The Hall–Kier alpha value is -2.82. The van der Waals surface area contributed by atoms with Crippen molar-refractivity contribution in [2.24, 2.45) is 5.73 Å². The van der Waals surface area contributed by atoms with Crippen LogP contribution in [0.1, 0.15) is 10.4 Å². The van der Waals surface area contributed by atoms with Gasteiger partial charge in [0.05, 0.1) is 11.3 Å². The first-order valence-electron chi connectivity index (χ1n) is 5.79. The van der Waals surface area contributed by atoms with Crippen LogP contribution < -0.4 is 11.5 Å². The molecule has 1 amide bonds. The fraction of sp³-hybridized carbons (Fsp3) is 0. The molecule has 0 spiro atoms. The Labute approximate surface area is 109 Å². The van der Waals surface area contributed by atoms with Crippen LogP contribution in [0.4, 0.5) is 5.69 Å². The van der Waals surface area contributed by atoms with Gasteiger partial charge < -0.3 is 16.5 Å². The Kier molecular flexibility index (Phi) is 2.45.